The number of rotatable bonds is 5. The summed E-state index contributed by atoms with van der Waals surface area (Å²) in [6.45, 7) is 0.238. The first kappa shape index (κ1) is 13.6. The fourth-order valence-corrected chi connectivity index (χ4v) is 2.37. The fourth-order valence-electron chi connectivity index (χ4n) is 1.72. The molecular formula is C13H11F2NO2S. The number of aliphatic carboxylic acids is 1. The summed E-state index contributed by atoms with van der Waals surface area (Å²) in [5, 5.41) is 13.6. The van der Waals surface area contributed by atoms with Crippen LogP contribution in [0.4, 0.5) is 8.78 Å². The lowest BCUT2D eigenvalue weighted by Crippen LogP contribution is -2.29. The number of carboxylic acids is 1. The van der Waals surface area contributed by atoms with Crippen LogP contribution in [0.1, 0.15) is 16.5 Å². The predicted octanol–water partition coefficient (Wildman–Crippen LogP) is 2.94. The summed E-state index contributed by atoms with van der Waals surface area (Å²) in [5.74, 6) is -3.06. The maximum atomic E-state index is 13.6. The molecule has 0 aliphatic heterocycles. The van der Waals surface area contributed by atoms with E-state index in [2.05, 4.69) is 5.32 Å². The van der Waals surface area contributed by atoms with E-state index in [-0.39, 0.29) is 6.54 Å². The van der Waals surface area contributed by atoms with Crippen molar-refractivity contribution < 1.29 is 18.7 Å². The normalized spacial score (nSPS) is 12.3. The Hall–Kier alpha value is -1.79. The molecule has 1 heterocycles. The van der Waals surface area contributed by atoms with Gasteiger partial charge in [0.2, 0.25) is 0 Å². The monoisotopic (exact) mass is 283 g/mol. The number of nitrogens with one attached hydrogen (secondary N) is 1. The first-order chi connectivity index (χ1) is 9.09. The van der Waals surface area contributed by atoms with Gasteiger partial charge in [0.15, 0.2) is 0 Å². The molecule has 19 heavy (non-hydrogen) atoms. The quantitative estimate of drug-likeness (QED) is 0.887. The summed E-state index contributed by atoms with van der Waals surface area (Å²) < 4.78 is 27.2. The van der Waals surface area contributed by atoms with E-state index in [1.165, 1.54) is 17.4 Å². The van der Waals surface area contributed by atoms with Gasteiger partial charge in [-0.05, 0) is 23.6 Å². The Bertz CT molecular complexity index is 552. The van der Waals surface area contributed by atoms with E-state index in [0.717, 1.165) is 17.0 Å². The molecule has 1 aromatic heterocycles. The molecule has 2 N–H and O–H groups in total. The SMILES string of the molecule is O=C(O)C(NCc1cccs1)c1c(F)cccc1F. The van der Waals surface area contributed by atoms with Gasteiger partial charge in [0.1, 0.15) is 17.7 Å². The van der Waals surface area contributed by atoms with Gasteiger partial charge in [0, 0.05) is 11.4 Å². The van der Waals surface area contributed by atoms with Crippen molar-refractivity contribution in [1.29, 1.82) is 0 Å². The molecule has 0 bridgehead atoms. The van der Waals surface area contributed by atoms with Crippen molar-refractivity contribution >= 4 is 17.3 Å². The molecule has 0 aliphatic carbocycles. The third kappa shape index (κ3) is 3.15. The molecule has 6 heteroatoms. The highest BCUT2D eigenvalue weighted by Gasteiger charge is 2.26. The minimum Gasteiger partial charge on any atom is -0.480 e. The molecule has 100 valence electrons. The topological polar surface area (TPSA) is 49.3 Å². The molecule has 1 atom stereocenters. The second-order valence-electron chi connectivity index (χ2n) is 3.87. The minimum atomic E-state index is -1.41. The maximum Gasteiger partial charge on any atom is 0.325 e. The molecule has 1 aromatic carbocycles. The van der Waals surface area contributed by atoms with Gasteiger partial charge in [-0.15, -0.1) is 11.3 Å². The third-order valence-corrected chi connectivity index (χ3v) is 3.47. The lowest BCUT2D eigenvalue weighted by molar-refractivity contribution is -0.139. The van der Waals surface area contributed by atoms with Crippen LogP contribution in [0, 0.1) is 11.6 Å². The number of thiophene rings is 1. The van der Waals surface area contributed by atoms with Crippen LogP contribution in [-0.4, -0.2) is 11.1 Å². The van der Waals surface area contributed by atoms with Gasteiger partial charge in [-0.1, -0.05) is 12.1 Å². The number of hydrogen-bond acceptors (Lipinski definition) is 3. The fraction of sp³-hybridized carbons (Fsp3) is 0.154. The zero-order valence-electron chi connectivity index (χ0n) is 9.77. The lowest BCUT2D eigenvalue weighted by atomic mass is 10.1. The Labute approximate surface area is 112 Å². The first-order valence-corrected chi connectivity index (χ1v) is 6.40. The Kier molecular flexibility index (Phi) is 4.24. The highest BCUT2D eigenvalue weighted by molar-refractivity contribution is 7.09. The number of benzene rings is 1. The van der Waals surface area contributed by atoms with Crippen molar-refractivity contribution in [3.05, 3.63) is 57.8 Å². The zero-order chi connectivity index (χ0) is 13.8. The predicted molar refractivity (Wildman–Crippen MR) is 67.9 cm³/mol. The van der Waals surface area contributed by atoms with Gasteiger partial charge in [-0.3, -0.25) is 10.1 Å². The third-order valence-electron chi connectivity index (χ3n) is 2.60. The number of hydrogen-bond donors (Lipinski definition) is 2. The molecule has 0 amide bonds. The van der Waals surface area contributed by atoms with Gasteiger partial charge >= 0.3 is 5.97 Å². The van der Waals surface area contributed by atoms with Gasteiger partial charge < -0.3 is 5.11 Å². The van der Waals surface area contributed by atoms with E-state index >= 15 is 0 Å². The second kappa shape index (κ2) is 5.90. The highest BCUT2D eigenvalue weighted by Crippen LogP contribution is 2.22. The molecule has 1 unspecified atom stereocenters. The van der Waals surface area contributed by atoms with Crippen LogP contribution in [0.5, 0.6) is 0 Å². The Morgan fingerprint density at radius 1 is 1.26 bits per heavy atom. The second-order valence-corrected chi connectivity index (χ2v) is 4.90. The molecule has 0 saturated heterocycles. The molecule has 0 fully saturated rings. The molecule has 0 radical (unpaired) electrons. The molecule has 0 saturated carbocycles. The molecule has 0 aliphatic rings. The van der Waals surface area contributed by atoms with Crippen molar-refractivity contribution in [2.75, 3.05) is 0 Å². The molecular weight excluding hydrogens is 272 g/mol. The van der Waals surface area contributed by atoms with Crippen molar-refractivity contribution in [2.24, 2.45) is 0 Å². The van der Waals surface area contributed by atoms with Crippen LogP contribution in [0.25, 0.3) is 0 Å². The summed E-state index contributed by atoms with van der Waals surface area (Å²) in [6.07, 6.45) is 0. The summed E-state index contributed by atoms with van der Waals surface area (Å²) in [6, 6.07) is 5.51. The Morgan fingerprint density at radius 2 is 1.95 bits per heavy atom. The summed E-state index contributed by atoms with van der Waals surface area (Å²) in [4.78, 5) is 12.1. The van der Waals surface area contributed by atoms with Crippen molar-refractivity contribution in [3.63, 3.8) is 0 Å². The van der Waals surface area contributed by atoms with Gasteiger partial charge in [0.05, 0.1) is 5.56 Å². The summed E-state index contributed by atoms with van der Waals surface area (Å²) in [5.41, 5.74) is -0.466. The number of halogens is 2. The van der Waals surface area contributed by atoms with Gasteiger partial charge in [-0.25, -0.2) is 8.78 Å². The summed E-state index contributed by atoms with van der Waals surface area (Å²) in [7, 11) is 0. The molecule has 0 spiro atoms. The van der Waals surface area contributed by atoms with E-state index in [9.17, 15) is 13.6 Å². The lowest BCUT2D eigenvalue weighted by Gasteiger charge is -2.15. The Morgan fingerprint density at radius 3 is 2.47 bits per heavy atom. The van der Waals surface area contributed by atoms with E-state index in [0.29, 0.717) is 0 Å². The standard InChI is InChI=1S/C13H11F2NO2S/c14-9-4-1-5-10(15)11(9)12(13(17)18)16-7-8-3-2-6-19-8/h1-6,12,16H,7H2,(H,17,18). The van der Waals surface area contributed by atoms with Gasteiger partial charge in [0.25, 0.3) is 0 Å². The van der Waals surface area contributed by atoms with Crippen LogP contribution in [0.2, 0.25) is 0 Å². The average Bonchev–Trinajstić information content (AvgIpc) is 2.85. The van der Waals surface area contributed by atoms with E-state index in [4.69, 9.17) is 5.11 Å². The molecule has 2 aromatic rings. The van der Waals surface area contributed by atoms with Crippen molar-refractivity contribution in [2.45, 2.75) is 12.6 Å². The van der Waals surface area contributed by atoms with Crippen LogP contribution >= 0.6 is 11.3 Å². The number of carboxylic acid groups (broad SMARTS) is 1. The Balaban J connectivity index is 2.23. The molecule has 3 nitrogen and oxygen atoms in total. The van der Waals surface area contributed by atoms with E-state index in [1.54, 1.807) is 0 Å². The molecule has 2 rings (SSSR count). The van der Waals surface area contributed by atoms with Gasteiger partial charge in [-0.2, -0.15) is 0 Å². The highest BCUT2D eigenvalue weighted by atomic mass is 32.1. The number of carbonyl (C=O) groups is 1. The minimum absolute atomic E-state index is 0.238. The van der Waals surface area contributed by atoms with Crippen LogP contribution in [-0.2, 0) is 11.3 Å². The van der Waals surface area contributed by atoms with Crippen molar-refractivity contribution in [1.82, 2.24) is 5.32 Å². The summed E-state index contributed by atoms with van der Waals surface area (Å²) >= 11 is 1.44. The largest absolute Gasteiger partial charge is 0.480 e. The first-order valence-electron chi connectivity index (χ1n) is 5.52. The van der Waals surface area contributed by atoms with Crippen LogP contribution in [0.15, 0.2) is 35.7 Å². The maximum absolute atomic E-state index is 13.6. The van der Waals surface area contributed by atoms with E-state index in [1.807, 2.05) is 17.5 Å². The smallest absolute Gasteiger partial charge is 0.325 e. The van der Waals surface area contributed by atoms with Crippen molar-refractivity contribution in [3.8, 4) is 0 Å². The average molecular weight is 283 g/mol. The van der Waals surface area contributed by atoms with Crippen LogP contribution < -0.4 is 5.32 Å². The van der Waals surface area contributed by atoms with E-state index < -0.39 is 29.2 Å². The van der Waals surface area contributed by atoms with Crippen LogP contribution in [0.3, 0.4) is 0 Å². The zero-order valence-corrected chi connectivity index (χ0v) is 10.6.